The Morgan fingerprint density at radius 1 is 1.31 bits per heavy atom. The number of nitrogens with zero attached hydrogens (tertiary/aromatic N) is 1. The Labute approximate surface area is 157 Å². The molecule has 0 bridgehead atoms. The molecule has 1 aliphatic heterocycles. The minimum Gasteiger partial charge on any atom is -0.450 e. The van der Waals surface area contributed by atoms with E-state index in [-0.39, 0.29) is 5.92 Å². The van der Waals surface area contributed by atoms with E-state index in [9.17, 15) is 4.79 Å². The Kier molecular flexibility index (Phi) is 7.68. The first-order valence-electron chi connectivity index (χ1n) is 8.50. The van der Waals surface area contributed by atoms with Crippen LogP contribution in [0.2, 0.25) is 5.02 Å². The quantitative estimate of drug-likeness (QED) is 0.311. The Bertz CT molecular complexity index is 611. The van der Waals surface area contributed by atoms with Crippen molar-refractivity contribution >= 4 is 23.5 Å². The van der Waals surface area contributed by atoms with Gasteiger partial charge in [0.2, 0.25) is 0 Å². The average molecular weight is 386 g/mol. The molecule has 0 saturated carbocycles. The molecule has 0 aromatic heterocycles. The van der Waals surface area contributed by atoms with Crippen LogP contribution in [0.4, 0.5) is 4.79 Å². The van der Waals surface area contributed by atoms with Crippen LogP contribution in [0.5, 0.6) is 0 Å². The molecule has 0 amide bonds. The van der Waals surface area contributed by atoms with Gasteiger partial charge in [-0.25, -0.2) is 4.79 Å². The van der Waals surface area contributed by atoms with Crippen LogP contribution in [0.3, 0.4) is 0 Å². The monoisotopic (exact) mass is 385 g/mol. The van der Waals surface area contributed by atoms with Crippen molar-refractivity contribution in [2.24, 2.45) is 11.1 Å². The maximum absolute atomic E-state index is 10.6. The Morgan fingerprint density at radius 2 is 1.96 bits per heavy atom. The van der Waals surface area contributed by atoms with E-state index in [1.807, 2.05) is 31.2 Å². The lowest BCUT2D eigenvalue weighted by Crippen LogP contribution is -2.45. The minimum absolute atomic E-state index is 0.208. The van der Waals surface area contributed by atoms with Crippen molar-refractivity contribution in [1.82, 2.24) is 0 Å². The van der Waals surface area contributed by atoms with Gasteiger partial charge in [-0.1, -0.05) is 28.9 Å². The third-order valence-corrected chi connectivity index (χ3v) is 4.25. The summed E-state index contributed by atoms with van der Waals surface area (Å²) < 4.78 is 15.3. The molecule has 1 saturated heterocycles. The fraction of sp³-hybridized carbons (Fsp3) is 0.556. The molecule has 26 heavy (non-hydrogen) atoms. The maximum atomic E-state index is 10.6. The zero-order chi connectivity index (χ0) is 19.0. The molecule has 0 atom stereocenters. The van der Waals surface area contributed by atoms with Gasteiger partial charge in [0.25, 0.3) is 0 Å². The van der Waals surface area contributed by atoms with Gasteiger partial charge in [0.1, 0.15) is 6.61 Å². The zero-order valence-electron chi connectivity index (χ0n) is 14.9. The van der Waals surface area contributed by atoms with E-state index in [0.717, 1.165) is 30.5 Å². The number of carbonyl (C=O) groups is 1. The minimum atomic E-state index is -1.50. The van der Waals surface area contributed by atoms with Crippen LogP contribution in [-0.4, -0.2) is 42.8 Å². The van der Waals surface area contributed by atoms with Gasteiger partial charge >= 0.3 is 12.1 Å². The smallest absolute Gasteiger partial charge is 0.450 e. The first kappa shape index (κ1) is 20.5. The summed E-state index contributed by atoms with van der Waals surface area (Å²) in [4.78, 5) is 15.9. The van der Waals surface area contributed by atoms with E-state index < -0.39 is 12.1 Å². The molecule has 1 aromatic carbocycles. The van der Waals surface area contributed by atoms with Crippen LogP contribution in [-0.2, 0) is 19.0 Å². The van der Waals surface area contributed by atoms with Gasteiger partial charge in [-0.05, 0) is 43.9 Å². The fourth-order valence-corrected chi connectivity index (χ4v) is 2.62. The third-order valence-electron chi connectivity index (χ3n) is 4.00. The summed E-state index contributed by atoms with van der Waals surface area (Å²) in [6.07, 6.45) is 1.27. The molecule has 1 N–H and O–H groups in total. The van der Waals surface area contributed by atoms with E-state index >= 15 is 0 Å². The summed E-state index contributed by atoms with van der Waals surface area (Å²) >= 11 is 5.86. The van der Waals surface area contributed by atoms with Crippen molar-refractivity contribution in [2.75, 3.05) is 19.8 Å². The normalized spacial score (nSPS) is 23.5. The highest BCUT2D eigenvalue weighted by Crippen LogP contribution is 2.25. The van der Waals surface area contributed by atoms with E-state index in [1.165, 1.54) is 6.92 Å². The van der Waals surface area contributed by atoms with E-state index in [2.05, 4.69) is 9.89 Å². The number of unbranched alkanes of at least 4 members (excludes halogenated alkanes) is 1. The van der Waals surface area contributed by atoms with Crippen molar-refractivity contribution in [2.45, 2.75) is 39.1 Å². The van der Waals surface area contributed by atoms with Gasteiger partial charge in [0.05, 0.1) is 18.9 Å². The number of carboxylic acid groups (broad SMARTS) is 1. The SMILES string of the molecule is CC(=NOCCCCC1COC(C)(OC(=O)O)OC1)c1ccc(Cl)cc1. The van der Waals surface area contributed by atoms with Gasteiger partial charge in [0.15, 0.2) is 0 Å². The standard InChI is InChI=1S/C18H24ClNO6/c1-13(15-6-8-16(19)9-7-15)20-25-10-4-3-5-14-11-23-18(2,24-12-14)26-17(21)22/h6-9,14H,3-5,10-12H2,1-2H3,(H,21,22). The number of rotatable bonds is 8. The second-order valence-corrected chi connectivity index (χ2v) is 6.67. The summed E-state index contributed by atoms with van der Waals surface area (Å²) in [6, 6.07) is 7.43. The lowest BCUT2D eigenvalue weighted by atomic mass is 10.0. The van der Waals surface area contributed by atoms with Crippen LogP contribution in [0.1, 0.15) is 38.7 Å². The van der Waals surface area contributed by atoms with Crippen molar-refractivity contribution in [3.63, 3.8) is 0 Å². The Morgan fingerprint density at radius 3 is 2.58 bits per heavy atom. The zero-order valence-corrected chi connectivity index (χ0v) is 15.7. The first-order chi connectivity index (χ1) is 12.4. The Hall–Kier alpha value is -1.83. The molecule has 7 nitrogen and oxygen atoms in total. The predicted molar refractivity (Wildman–Crippen MR) is 96.4 cm³/mol. The first-order valence-corrected chi connectivity index (χ1v) is 8.88. The van der Waals surface area contributed by atoms with Crippen LogP contribution < -0.4 is 0 Å². The van der Waals surface area contributed by atoms with Crippen LogP contribution >= 0.6 is 11.6 Å². The molecule has 0 unspecified atom stereocenters. The molecule has 2 rings (SSSR count). The molecule has 1 aromatic rings. The number of hydrogen-bond acceptors (Lipinski definition) is 6. The number of oxime groups is 1. The van der Waals surface area contributed by atoms with Gasteiger partial charge in [-0.3, -0.25) is 0 Å². The van der Waals surface area contributed by atoms with Crippen molar-refractivity contribution < 1.29 is 28.9 Å². The second-order valence-electron chi connectivity index (χ2n) is 6.23. The van der Waals surface area contributed by atoms with Crippen molar-refractivity contribution in [3.05, 3.63) is 34.9 Å². The van der Waals surface area contributed by atoms with E-state index in [1.54, 1.807) is 0 Å². The molecule has 0 radical (unpaired) electrons. The topological polar surface area (TPSA) is 86.6 Å². The van der Waals surface area contributed by atoms with E-state index in [0.29, 0.717) is 24.8 Å². The van der Waals surface area contributed by atoms with Crippen LogP contribution in [0.15, 0.2) is 29.4 Å². The number of ether oxygens (including phenoxy) is 3. The molecular weight excluding hydrogens is 362 g/mol. The largest absolute Gasteiger partial charge is 0.510 e. The number of halogens is 1. The summed E-state index contributed by atoms with van der Waals surface area (Å²) in [7, 11) is 0. The summed E-state index contributed by atoms with van der Waals surface area (Å²) in [5.41, 5.74) is 1.77. The highest BCUT2D eigenvalue weighted by molar-refractivity contribution is 6.30. The lowest BCUT2D eigenvalue weighted by Gasteiger charge is -2.35. The van der Waals surface area contributed by atoms with Crippen molar-refractivity contribution in [3.8, 4) is 0 Å². The molecule has 0 spiro atoms. The second kappa shape index (κ2) is 9.75. The molecule has 8 heteroatoms. The van der Waals surface area contributed by atoms with Gasteiger partial charge < -0.3 is 24.2 Å². The fourth-order valence-electron chi connectivity index (χ4n) is 2.50. The lowest BCUT2D eigenvalue weighted by molar-refractivity contribution is -0.379. The predicted octanol–water partition coefficient (Wildman–Crippen LogP) is 4.28. The van der Waals surface area contributed by atoms with Crippen LogP contribution in [0.25, 0.3) is 0 Å². The highest BCUT2D eigenvalue weighted by Gasteiger charge is 2.36. The molecule has 0 aliphatic carbocycles. The summed E-state index contributed by atoms with van der Waals surface area (Å²) in [5, 5.41) is 13.4. The number of benzene rings is 1. The summed E-state index contributed by atoms with van der Waals surface area (Å²) in [5.74, 6) is -1.29. The van der Waals surface area contributed by atoms with Gasteiger partial charge in [-0.15, -0.1) is 0 Å². The molecular formula is C18H24ClNO6. The highest BCUT2D eigenvalue weighted by atomic mass is 35.5. The summed E-state index contributed by atoms with van der Waals surface area (Å²) in [6.45, 7) is 4.67. The molecule has 1 heterocycles. The van der Waals surface area contributed by atoms with Crippen LogP contribution in [0, 0.1) is 5.92 Å². The number of hydrogen-bond donors (Lipinski definition) is 1. The molecule has 1 fully saturated rings. The third kappa shape index (κ3) is 6.82. The van der Waals surface area contributed by atoms with E-state index in [4.69, 9.17) is 31.0 Å². The maximum Gasteiger partial charge on any atom is 0.510 e. The molecule has 1 aliphatic rings. The average Bonchev–Trinajstić information content (AvgIpc) is 2.59. The van der Waals surface area contributed by atoms with Gasteiger partial charge in [-0.2, -0.15) is 0 Å². The Balaban J connectivity index is 1.59. The van der Waals surface area contributed by atoms with Crippen molar-refractivity contribution in [1.29, 1.82) is 0 Å². The van der Waals surface area contributed by atoms with Gasteiger partial charge in [0, 0.05) is 17.9 Å². The molecule has 144 valence electrons.